The van der Waals surface area contributed by atoms with Gasteiger partial charge in [0, 0.05) is 12.4 Å². The van der Waals surface area contributed by atoms with Crippen LogP contribution >= 0.6 is 0 Å². The van der Waals surface area contributed by atoms with E-state index in [2.05, 4.69) is 5.10 Å². The van der Waals surface area contributed by atoms with Gasteiger partial charge in [-0.25, -0.2) is 4.39 Å². The first-order chi connectivity index (χ1) is 6.18. The third-order valence-electron chi connectivity index (χ3n) is 2.23. The molecule has 0 aliphatic heterocycles. The summed E-state index contributed by atoms with van der Waals surface area (Å²) in [5.74, 6) is 0. The fourth-order valence-corrected chi connectivity index (χ4v) is 1.41. The van der Waals surface area contributed by atoms with Crippen molar-refractivity contribution >= 4 is 10.9 Å². The van der Waals surface area contributed by atoms with Crippen LogP contribution in [0.1, 0.15) is 18.7 Å². The predicted octanol–water partition coefficient (Wildman–Crippen LogP) is 2.60. The van der Waals surface area contributed by atoms with Crippen molar-refractivity contribution in [1.29, 1.82) is 0 Å². The first-order valence-corrected chi connectivity index (χ1v) is 4.24. The van der Waals surface area contributed by atoms with E-state index in [1.165, 1.54) is 6.92 Å². The summed E-state index contributed by atoms with van der Waals surface area (Å²) in [6, 6.07) is 5.54. The van der Waals surface area contributed by atoms with Gasteiger partial charge < -0.3 is 0 Å². The number of benzene rings is 1. The minimum atomic E-state index is -0.917. The van der Waals surface area contributed by atoms with E-state index in [1.807, 2.05) is 19.2 Å². The molecule has 1 aromatic heterocycles. The molecule has 0 aliphatic carbocycles. The average Bonchev–Trinajstić information content (AvgIpc) is 2.47. The lowest BCUT2D eigenvalue weighted by Gasteiger charge is -2.02. The Bertz CT molecular complexity index is 431. The highest BCUT2D eigenvalue weighted by Gasteiger charge is 2.05. The molecule has 2 nitrogen and oxygen atoms in total. The Hall–Kier alpha value is -1.38. The van der Waals surface area contributed by atoms with E-state index in [1.54, 1.807) is 16.9 Å². The number of halogens is 1. The number of alkyl halides is 1. The normalized spacial score (nSPS) is 13.5. The number of rotatable bonds is 1. The minimum absolute atomic E-state index is 0.705. The highest BCUT2D eigenvalue weighted by atomic mass is 19.1. The molecule has 1 heterocycles. The quantitative estimate of drug-likeness (QED) is 0.656. The predicted molar refractivity (Wildman–Crippen MR) is 50.2 cm³/mol. The summed E-state index contributed by atoms with van der Waals surface area (Å²) in [6.07, 6.45) is 0.862. The molecule has 0 fully saturated rings. The SMILES string of the molecule is CC(F)c1ccc2cnn(C)c2c1. The molecule has 68 valence electrons. The summed E-state index contributed by atoms with van der Waals surface area (Å²) in [7, 11) is 1.86. The second kappa shape index (κ2) is 2.83. The van der Waals surface area contributed by atoms with Gasteiger partial charge >= 0.3 is 0 Å². The van der Waals surface area contributed by atoms with Gasteiger partial charge in [0.15, 0.2) is 0 Å². The van der Waals surface area contributed by atoms with Gasteiger partial charge in [0.1, 0.15) is 6.17 Å². The average molecular weight is 178 g/mol. The largest absolute Gasteiger partial charge is 0.268 e. The minimum Gasteiger partial charge on any atom is -0.268 e. The molecule has 0 saturated heterocycles. The fraction of sp³-hybridized carbons (Fsp3) is 0.300. The Morgan fingerprint density at radius 3 is 2.92 bits per heavy atom. The van der Waals surface area contributed by atoms with Crippen LogP contribution in [0.2, 0.25) is 0 Å². The van der Waals surface area contributed by atoms with E-state index < -0.39 is 6.17 Å². The third kappa shape index (κ3) is 1.30. The van der Waals surface area contributed by atoms with E-state index in [0.29, 0.717) is 5.56 Å². The zero-order valence-corrected chi connectivity index (χ0v) is 7.66. The van der Waals surface area contributed by atoms with Crippen LogP contribution in [-0.2, 0) is 7.05 Å². The molecule has 13 heavy (non-hydrogen) atoms. The Morgan fingerprint density at radius 2 is 2.23 bits per heavy atom. The molecular formula is C10H11FN2. The molecule has 1 aromatic carbocycles. The summed E-state index contributed by atoms with van der Waals surface area (Å²) >= 11 is 0. The lowest BCUT2D eigenvalue weighted by atomic mass is 10.1. The van der Waals surface area contributed by atoms with Gasteiger partial charge in [0.05, 0.1) is 11.7 Å². The molecular weight excluding hydrogens is 167 g/mol. The van der Waals surface area contributed by atoms with Crippen LogP contribution in [-0.4, -0.2) is 9.78 Å². The highest BCUT2D eigenvalue weighted by molar-refractivity contribution is 5.79. The first-order valence-electron chi connectivity index (χ1n) is 4.24. The molecule has 2 aromatic rings. The molecule has 2 rings (SSSR count). The summed E-state index contributed by atoms with van der Waals surface area (Å²) in [5, 5.41) is 5.14. The summed E-state index contributed by atoms with van der Waals surface area (Å²) in [5.41, 5.74) is 1.68. The van der Waals surface area contributed by atoms with Crippen LogP contribution in [0.3, 0.4) is 0 Å². The van der Waals surface area contributed by atoms with E-state index >= 15 is 0 Å². The number of aromatic nitrogens is 2. The van der Waals surface area contributed by atoms with Crippen molar-refractivity contribution in [2.24, 2.45) is 7.05 Å². The second-order valence-electron chi connectivity index (χ2n) is 3.20. The van der Waals surface area contributed by atoms with Crippen molar-refractivity contribution in [3.63, 3.8) is 0 Å². The number of hydrogen-bond donors (Lipinski definition) is 0. The maximum absolute atomic E-state index is 13.0. The zero-order valence-electron chi connectivity index (χ0n) is 7.66. The number of aryl methyl sites for hydroxylation is 1. The van der Waals surface area contributed by atoms with Crippen LogP contribution in [0.25, 0.3) is 10.9 Å². The van der Waals surface area contributed by atoms with Crippen molar-refractivity contribution in [3.8, 4) is 0 Å². The summed E-state index contributed by atoms with van der Waals surface area (Å²) < 4.78 is 14.7. The maximum atomic E-state index is 13.0. The maximum Gasteiger partial charge on any atom is 0.122 e. The van der Waals surface area contributed by atoms with Crippen molar-refractivity contribution < 1.29 is 4.39 Å². The van der Waals surface area contributed by atoms with Crippen LogP contribution in [0.5, 0.6) is 0 Å². The van der Waals surface area contributed by atoms with Crippen molar-refractivity contribution in [2.75, 3.05) is 0 Å². The Balaban J connectivity index is 2.66. The third-order valence-corrected chi connectivity index (χ3v) is 2.23. The van der Waals surface area contributed by atoms with Gasteiger partial charge in [0.25, 0.3) is 0 Å². The lowest BCUT2D eigenvalue weighted by molar-refractivity contribution is 0.374. The van der Waals surface area contributed by atoms with Gasteiger partial charge in [0.2, 0.25) is 0 Å². The second-order valence-corrected chi connectivity index (χ2v) is 3.20. The molecule has 0 saturated carbocycles. The van der Waals surface area contributed by atoms with Crippen molar-refractivity contribution in [2.45, 2.75) is 13.1 Å². The van der Waals surface area contributed by atoms with Crippen molar-refractivity contribution in [3.05, 3.63) is 30.0 Å². The molecule has 3 heteroatoms. The summed E-state index contributed by atoms with van der Waals surface area (Å²) in [4.78, 5) is 0. The van der Waals surface area contributed by atoms with Crippen LogP contribution in [0.4, 0.5) is 4.39 Å². The van der Waals surface area contributed by atoms with Gasteiger partial charge in [-0.15, -0.1) is 0 Å². The molecule has 0 radical (unpaired) electrons. The molecule has 1 unspecified atom stereocenters. The molecule has 0 spiro atoms. The topological polar surface area (TPSA) is 17.8 Å². The fourth-order valence-electron chi connectivity index (χ4n) is 1.41. The highest BCUT2D eigenvalue weighted by Crippen LogP contribution is 2.21. The van der Waals surface area contributed by atoms with E-state index in [0.717, 1.165) is 10.9 Å². The van der Waals surface area contributed by atoms with Gasteiger partial charge in [-0.2, -0.15) is 5.10 Å². The molecule has 0 N–H and O–H groups in total. The number of hydrogen-bond acceptors (Lipinski definition) is 1. The molecule has 0 aliphatic rings. The number of fused-ring (bicyclic) bond motifs is 1. The van der Waals surface area contributed by atoms with Crippen molar-refractivity contribution in [1.82, 2.24) is 9.78 Å². The zero-order chi connectivity index (χ0) is 9.42. The standard InChI is InChI=1S/C10H11FN2/c1-7(11)8-3-4-9-6-12-13(2)10(9)5-8/h3-7H,1-2H3. The van der Waals surface area contributed by atoms with E-state index in [4.69, 9.17) is 0 Å². The van der Waals surface area contributed by atoms with Gasteiger partial charge in [-0.05, 0) is 18.6 Å². The van der Waals surface area contributed by atoms with Gasteiger partial charge in [-0.3, -0.25) is 4.68 Å². The van der Waals surface area contributed by atoms with Crippen LogP contribution < -0.4 is 0 Å². The van der Waals surface area contributed by atoms with Gasteiger partial charge in [-0.1, -0.05) is 12.1 Å². The number of nitrogens with zero attached hydrogens (tertiary/aromatic N) is 2. The Labute approximate surface area is 76.0 Å². The van der Waals surface area contributed by atoms with Crippen LogP contribution in [0.15, 0.2) is 24.4 Å². The monoisotopic (exact) mass is 178 g/mol. The Kier molecular flexibility index (Phi) is 1.79. The smallest absolute Gasteiger partial charge is 0.122 e. The molecule has 0 bridgehead atoms. The van der Waals surface area contributed by atoms with Crippen LogP contribution in [0, 0.1) is 0 Å². The molecule has 1 atom stereocenters. The molecule has 0 amide bonds. The van der Waals surface area contributed by atoms with E-state index in [-0.39, 0.29) is 0 Å². The summed E-state index contributed by atoms with van der Waals surface area (Å²) in [6.45, 7) is 1.54. The Morgan fingerprint density at radius 1 is 1.46 bits per heavy atom. The first kappa shape index (κ1) is 8.23. The lowest BCUT2D eigenvalue weighted by Crippen LogP contribution is -1.90. The van der Waals surface area contributed by atoms with E-state index in [9.17, 15) is 4.39 Å².